The highest BCUT2D eigenvalue weighted by molar-refractivity contribution is 9.10. The van der Waals surface area contributed by atoms with Crippen LogP contribution < -0.4 is 5.73 Å². The maximum atomic E-state index is 5.86. The number of halogens is 1. The van der Waals surface area contributed by atoms with Crippen molar-refractivity contribution in [1.82, 2.24) is 20.2 Å². The smallest absolute Gasteiger partial charge is 0.183 e. The summed E-state index contributed by atoms with van der Waals surface area (Å²) in [6.45, 7) is 1.77. The number of rotatable bonds is 4. The van der Waals surface area contributed by atoms with Crippen LogP contribution in [0.1, 0.15) is 6.42 Å². The zero-order valence-electron chi connectivity index (χ0n) is 11.6. The summed E-state index contributed by atoms with van der Waals surface area (Å²) in [5.41, 5.74) is 6.99. The van der Waals surface area contributed by atoms with E-state index < -0.39 is 0 Å². The molecular formula is C13H16BrN5O2. The van der Waals surface area contributed by atoms with Crippen LogP contribution in [0.5, 0.6) is 0 Å². The predicted octanol–water partition coefficient (Wildman–Crippen LogP) is 1.49. The Bertz CT molecular complexity index is 639. The van der Waals surface area contributed by atoms with Crippen molar-refractivity contribution in [2.45, 2.75) is 18.6 Å². The summed E-state index contributed by atoms with van der Waals surface area (Å²) in [5.74, 6) is 0.650. The van der Waals surface area contributed by atoms with Crippen molar-refractivity contribution in [1.29, 1.82) is 0 Å². The van der Waals surface area contributed by atoms with Crippen LogP contribution in [-0.4, -0.2) is 46.1 Å². The van der Waals surface area contributed by atoms with Gasteiger partial charge in [-0.3, -0.25) is 0 Å². The molecule has 21 heavy (non-hydrogen) atoms. The lowest BCUT2D eigenvalue weighted by Gasteiger charge is -2.25. The van der Waals surface area contributed by atoms with E-state index >= 15 is 0 Å². The van der Waals surface area contributed by atoms with E-state index in [0.717, 1.165) is 16.5 Å². The summed E-state index contributed by atoms with van der Waals surface area (Å²) in [6, 6.07) is 5.55. The highest BCUT2D eigenvalue weighted by atomic mass is 79.9. The number of tetrazole rings is 1. The minimum absolute atomic E-state index is 0.378. The summed E-state index contributed by atoms with van der Waals surface area (Å²) in [6.07, 6.45) is 0.820. The van der Waals surface area contributed by atoms with Crippen molar-refractivity contribution in [3.05, 3.63) is 22.7 Å². The Balaban J connectivity index is 1.96. The summed E-state index contributed by atoms with van der Waals surface area (Å²) in [4.78, 5) is 0. The number of nitrogen functional groups attached to an aromatic ring is 1. The molecule has 3 rings (SSSR count). The largest absolute Gasteiger partial charge is 0.399 e. The number of nitrogens with two attached hydrogens (primary N) is 1. The van der Waals surface area contributed by atoms with E-state index in [1.54, 1.807) is 11.8 Å². The first-order valence-electron chi connectivity index (χ1n) is 6.58. The lowest BCUT2D eigenvalue weighted by Crippen LogP contribution is -2.37. The van der Waals surface area contributed by atoms with Gasteiger partial charge in [-0.1, -0.05) is 15.9 Å². The molecule has 112 valence electrons. The van der Waals surface area contributed by atoms with Crippen LogP contribution in [0.25, 0.3) is 11.4 Å². The van der Waals surface area contributed by atoms with E-state index in [2.05, 4.69) is 31.5 Å². The molecular weight excluding hydrogens is 338 g/mol. The number of anilines is 1. The van der Waals surface area contributed by atoms with Crippen LogP contribution in [-0.2, 0) is 16.0 Å². The standard InChI is InChI=1S/C13H16BrN5O2/c1-20-13(4-5-21-8-13)7-19-12(16-17-18-19)10-6-9(15)2-3-11(10)14/h2-3,6H,4-5,7-8,15H2,1H3. The maximum absolute atomic E-state index is 5.86. The van der Waals surface area contributed by atoms with Crippen LogP contribution in [0.2, 0.25) is 0 Å². The molecule has 8 heteroatoms. The van der Waals surface area contributed by atoms with Crippen molar-refractivity contribution in [2.24, 2.45) is 0 Å². The predicted molar refractivity (Wildman–Crippen MR) is 80.5 cm³/mol. The van der Waals surface area contributed by atoms with E-state index in [1.807, 2.05) is 18.2 Å². The molecule has 0 saturated carbocycles. The van der Waals surface area contributed by atoms with Crippen LogP contribution in [0, 0.1) is 0 Å². The van der Waals surface area contributed by atoms with Crippen molar-refractivity contribution in [3.8, 4) is 11.4 Å². The fraction of sp³-hybridized carbons (Fsp3) is 0.462. The number of methoxy groups -OCH3 is 1. The topological polar surface area (TPSA) is 88.1 Å². The van der Waals surface area contributed by atoms with Gasteiger partial charge in [-0.05, 0) is 28.6 Å². The molecule has 1 aromatic carbocycles. The quantitative estimate of drug-likeness (QED) is 0.837. The molecule has 1 aromatic heterocycles. The molecule has 0 aliphatic carbocycles. The van der Waals surface area contributed by atoms with Gasteiger partial charge in [0.25, 0.3) is 0 Å². The van der Waals surface area contributed by atoms with Crippen LogP contribution in [0.3, 0.4) is 0 Å². The van der Waals surface area contributed by atoms with Crippen molar-refractivity contribution in [3.63, 3.8) is 0 Å². The molecule has 1 saturated heterocycles. The summed E-state index contributed by atoms with van der Waals surface area (Å²) >= 11 is 3.51. The molecule has 1 fully saturated rings. The van der Waals surface area contributed by atoms with E-state index in [0.29, 0.717) is 31.3 Å². The first-order valence-corrected chi connectivity index (χ1v) is 7.37. The zero-order valence-corrected chi connectivity index (χ0v) is 13.2. The molecule has 0 bridgehead atoms. The van der Waals surface area contributed by atoms with Gasteiger partial charge in [0.2, 0.25) is 0 Å². The minimum atomic E-state index is -0.378. The average Bonchev–Trinajstić information content (AvgIpc) is 3.12. The van der Waals surface area contributed by atoms with E-state index in [4.69, 9.17) is 15.2 Å². The maximum Gasteiger partial charge on any atom is 0.183 e. The number of nitrogens with zero attached hydrogens (tertiary/aromatic N) is 4. The molecule has 1 atom stereocenters. The van der Waals surface area contributed by atoms with Gasteiger partial charge in [-0.15, -0.1) is 5.10 Å². The van der Waals surface area contributed by atoms with Crippen molar-refractivity contribution >= 4 is 21.6 Å². The molecule has 1 unspecified atom stereocenters. The third kappa shape index (κ3) is 2.78. The van der Waals surface area contributed by atoms with Gasteiger partial charge in [-0.25, -0.2) is 4.68 Å². The highest BCUT2D eigenvalue weighted by Crippen LogP contribution is 2.30. The van der Waals surface area contributed by atoms with Gasteiger partial charge in [0, 0.05) is 35.9 Å². The molecule has 2 aromatic rings. The summed E-state index contributed by atoms with van der Waals surface area (Å²) in [5, 5.41) is 12.0. The monoisotopic (exact) mass is 353 g/mol. The summed E-state index contributed by atoms with van der Waals surface area (Å²) < 4.78 is 13.7. The molecule has 1 aliphatic heterocycles. The molecule has 0 spiro atoms. The van der Waals surface area contributed by atoms with Gasteiger partial charge < -0.3 is 15.2 Å². The molecule has 2 heterocycles. The Morgan fingerprint density at radius 2 is 2.38 bits per heavy atom. The third-order valence-electron chi connectivity index (χ3n) is 3.70. The number of ether oxygens (including phenoxy) is 2. The molecule has 1 aliphatic rings. The Morgan fingerprint density at radius 1 is 1.52 bits per heavy atom. The van der Waals surface area contributed by atoms with E-state index in [-0.39, 0.29) is 5.60 Å². The molecule has 0 amide bonds. The lowest BCUT2D eigenvalue weighted by molar-refractivity contribution is -0.0317. The number of aromatic nitrogens is 4. The van der Waals surface area contributed by atoms with Crippen molar-refractivity contribution < 1.29 is 9.47 Å². The van der Waals surface area contributed by atoms with E-state index in [1.165, 1.54) is 0 Å². The first-order chi connectivity index (χ1) is 10.1. The number of benzene rings is 1. The molecule has 0 radical (unpaired) electrons. The number of hydrogen-bond donors (Lipinski definition) is 1. The Labute approximate surface area is 130 Å². The van der Waals surface area contributed by atoms with Gasteiger partial charge in [-0.2, -0.15) is 0 Å². The average molecular weight is 354 g/mol. The fourth-order valence-corrected chi connectivity index (χ4v) is 2.85. The number of hydrogen-bond acceptors (Lipinski definition) is 6. The summed E-state index contributed by atoms with van der Waals surface area (Å²) in [7, 11) is 1.69. The van der Waals surface area contributed by atoms with Gasteiger partial charge >= 0.3 is 0 Å². The fourth-order valence-electron chi connectivity index (χ4n) is 2.43. The van der Waals surface area contributed by atoms with Gasteiger partial charge in [0.1, 0.15) is 5.60 Å². The second kappa shape index (κ2) is 5.70. The van der Waals surface area contributed by atoms with Gasteiger partial charge in [0.05, 0.1) is 13.2 Å². The highest BCUT2D eigenvalue weighted by Gasteiger charge is 2.36. The lowest BCUT2D eigenvalue weighted by atomic mass is 10.0. The van der Waals surface area contributed by atoms with Crippen molar-refractivity contribution in [2.75, 3.05) is 26.1 Å². The Morgan fingerprint density at radius 3 is 3.10 bits per heavy atom. The Kier molecular flexibility index (Phi) is 3.92. The van der Waals surface area contributed by atoms with Gasteiger partial charge in [0.15, 0.2) is 5.82 Å². The van der Waals surface area contributed by atoms with E-state index in [9.17, 15) is 0 Å². The second-order valence-corrected chi connectivity index (χ2v) is 5.94. The van der Waals surface area contributed by atoms with Crippen LogP contribution in [0.15, 0.2) is 22.7 Å². The normalized spacial score (nSPS) is 21.8. The third-order valence-corrected chi connectivity index (χ3v) is 4.39. The first kappa shape index (κ1) is 14.4. The second-order valence-electron chi connectivity index (χ2n) is 5.09. The molecule has 2 N–H and O–H groups in total. The zero-order chi connectivity index (χ0) is 14.9. The van der Waals surface area contributed by atoms with Crippen LogP contribution >= 0.6 is 15.9 Å². The minimum Gasteiger partial charge on any atom is -0.399 e. The van der Waals surface area contributed by atoms with Crippen LogP contribution in [0.4, 0.5) is 5.69 Å². The Hall–Kier alpha value is -1.51. The SMILES string of the molecule is COC1(Cn2nnnc2-c2cc(N)ccc2Br)CCOC1. The molecule has 7 nitrogen and oxygen atoms in total.